The highest BCUT2D eigenvalue weighted by Gasteiger charge is 2.16. The number of aromatic nitrogens is 3. The highest BCUT2D eigenvalue weighted by Crippen LogP contribution is 2.34. The fraction of sp³-hybridized carbons (Fsp3) is 0.150. The van der Waals surface area contributed by atoms with Crippen LogP contribution >= 0.6 is 11.3 Å². The summed E-state index contributed by atoms with van der Waals surface area (Å²) in [6, 6.07) is 10.7. The molecular weight excluding hydrogens is 392 g/mol. The first-order chi connectivity index (χ1) is 14.1. The zero-order chi connectivity index (χ0) is 20.4. The van der Waals surface area contributed by atoms with Crippen molar-refractivity contribution >= 4 is 23.1 Å². The summed E-state index contributed by atoms with van der Waals surface area (Å²) in [6.45, 7) is 0. The number of aryl methyl sites for hydroxylation is 1. The van der Waals surface area contributed by atoms with E-state index in [1.54, 1.807) is 44.1 Å². The van der Waals surface area contributed by atoms with Crippen LogP contribution in [0.15, 0.2) is 52.5 Å². The lowest BCUT2D eigenvalue weighted by molar-refractivity contribution is 0.0995. The number of hydrogen-bond acceptors (Lipinski definition) is 7. The van der Waals surface area contributed by atoms with Crippen molar-refractivity contribution in [3.8, 4) is 33.5 Å². The van der Waals surface area contributed by atoms with Crippen LogP contribution in [0.2, 0.25) is 0 Å². The first-order valence-corrected chi connectivity index (χ1v) is 9.54. The lowest BCUT2D eigenvalue weighted by atomic mass is 10.1. The maximum Gasteiger partial charge on any atom is 0.292 e. The summed E-state index contributed by atoms with van der Waals surface area (Å²) >= 11 is 1.47. The van der Waals surface area contributed by atoms with Crippen molar-refractivity contribution in [3.05, 3.63) is 53.8 Å². The summed E-state index contributed by atoms with van der Waals surface area (Å²) in [7, 11) is 4.95. The van der Waals surface area contributed by atoms with Gasteiger partial charge in [0.15, 0.2) is 17.3 Å². The van der Waals surface area contributed by atoms with E-state index in [4.69, 9.17) is 13.9 Å². The zero-order valence-corrected chi connectivity index (χ0v) is 16.8. The monoisotopic (exact) mass is 410 g/mol. The van der Waals surface area contributed by atoms with Gasteiger partial charge in [-0.3, -0.25) is 9.48 Å². The third-order valence-electron chi connectivity index (χ3n) is 4.27. The van der Waals surface area contributed by atoms with Gasteiger partial charge in [-0.25, -0.2) is 4.98 Å². The van der Waals surface area contributed by atoms with Crippen LogP contribution in [0.1, 0.15) is 10.6 Å². The van der Waals surface area contributed by atoms with Gasteiger partial charge in [0, 0.05) is 24.1 Å². The number of thiazole rings is 1. The van der Waals surface area contributed by atoms with E-state index in [2.05, 4.69) is 15.4 Å². The van der Waals surface area contributed by atoms with E-state index < -0.39 is 0 Å². The topological polar surface area (TPSA) is 91.4 Å². The molecule has 0 unspecified atom stereocenters. The van der Waals surface area contributed by atoms with Crippen LogP contribution in [0.3, 0.4) is 0 Å². The molecule has 0 aliphatic heterocycles. The van der Waals surface area contributed by atoms with Gasteiger partial charge in [-0.15, -0.1) is 11.3 Å². The second-order valence-corrected chi connectivity index (χ2v) is 6.94. The number of nitrogens with one attached hydrogen (secondary N) is 1. The molecule has 1 amide bonds. The first-order valence-electron chi connectivity index (χ1n) is 8.66. The summed E-state index contributed by atoms with van der Waals surface area (Å²) in [5, 5.41) is 9.93. The van der Waals surface area contributed by atoms with Gasteiger partial charge in [0.25, 0.3) is 5.91 Å². The summed E-state index contributed by atoms with van der Waals surface area (Å²) in [5.41, 5.74) is 2.38. The van der Waals surface area contributed by atoms with E-state index in [-0.39, 0.29) is 11.7 Å². The maximum atomic E-state index is 12.2. The SMILES string of the molecule is COc1ccc(-c2csc(-c3cc(NC(=O)c4ccco4)n(C)n3)n2)cc1OC. The molecule has 0 bridgehead atoms. The first kappa shape index (κ1) is 18.8. The number of furan rings is 1. The average Bonchev–Trinajstić information content (AvgIpc) is 3.49. The van der Waals surface area contributed by atoms with Crippen LogP contribution in [-0.2, 0) is 7.05 Å². The number of hydrogen-bond donors (Lipinski definition) is 1. The lowest BCUT2D eigenvalue weighted by Gasteiger charge is -2.08. The van der Waals surface area contributed by atoms with Crippen LogP contribution in [0.5, 0.6) is 11.5 Å². The van der Waals surface area contributed by atoms with E-state index in [0.717, 1.165) is 16.3 Å². The van der Waals surface area contributed by atoms with Gasteiger partial charge in [0.05, 0.1) is 26.2 Å². The molecule has 0 saturated carbocycles. The van der Waals surface area contributed by atoms with E-state index in [1.165, 1.54) is 17.6 Å². The Morgan fingerprint density at radius 3 is 2.69 bits per heavy atom. The predicted molar refractivity (Wildman–Crippen MR) is 110 cm³/mol. The van der Waals surface area contributed by atoms with Crippen LogP contribution in [-0.4, -0.2) is 34.9 Å². The van der Waals surface area contributed by atoms with Crippen LogP contribution in [0.25, 0.3) is 22.0 Å². The van der Waals surface area contributed by atoms with Crippen molar-refractivity contribution in [1.82, 2.24) is 14.8 Å². The molecule has 4 aromatic rings. The zero-order valence-electron chi connectivity index (χ0n) is 16.0. The Balaban J connectivity index is 1.58. The Kier molecular flexibility index (Phi) is 5.05. The summed E-state index contributed by atoms with van der Waals surface area (Å²) < 4.78 is 17.3. The molecule has 0 atom stereocenters. The summed E-state index contributed by atoms with van der Waals surface area (Å²) in [5.74, 6) is 1.74. The van der Waals surface area contributed by atoms with Gasteiger partial charge in [0.2, 0.25) is 0 Å². The van der Waals surface area contributed by atoms with Crippen molar-refractivity contribution in [2.24, 2.45) is 7.05 Å². The Morgan fingerprint density at radius 2 is 1.97 bits per heavy atom. The molecule has 1 aromatic carbocycles. The fourth-order valence-corrected chi connectivity index (χ4v) is 3.58. The van der Waals surface area contributed by atoms with Gasteiger partial charge in [-0.05, 0) is 30.3 Å². The quantitative estimate of drug-likeness (QED) is 0.515. The highest BCUT2D eigenvalue weighted by atomic mass is 32.1. The number of nitrogens with zero attached hydrogens (tertiary/aromatic N) is 3. The van der Waals surface area contributed by atoms with Crippen molar-refractivity contribution in [2.75, 3.05) is 19.5 Å². The molecule has 0 radical (unpaired) electrons. The van der Waals surface area contributed by atoms with Crippen LogP contribution in [0.4, 0.5) is 5.82 Å². The van der Waals surface area contributed by atoms with Gasteiger partial charge < -0.3 is 19.2 Å². The van der Waals surface area contributed by atoms with E-state index in [9.17, 15) is 4.79 Å². The minimum atomic E-state index is -0.338. The van der Waals surface area contributed by atoms with Gasteiger partial charge in [0.1, 0.15) is 16.5 Å². The molecule has 0 fully saturated rings. The third kappa shape index (κ3) is 3.72. The molecule has 0 spiro atoms. The Hall–Kier alpha value is -3.59. The Labute approximate surface area is 170 Å². The molecule has 0 aliphatic rings. The molecule has 9 heteroatoms. The van der Waals surface area contributed by atoms with Crippen molar-refractivity contribution in [3.63, 3.8) is 0 Å². The minimum absolute atomic E-state index is 0.234. The van der Waals surface area contributed by atoms with Crippen molar-refractivity contribution in [2.45, 2.75) is 0 Å². The number of methoxy groups -OCH3 is 2. The second kappa shape index (κ2) is 7.80. The van der Waals surface area contributed by atoms with Gasteiger partial charge in [-0.2, -0.15) is 5.10 Å². The van der Waals surface area contributed by atoms with Gasteiger partial charge in [-0.1, -0.05) is 0 Å². The molecule has 3 aromatic heterocycles. The molecule has 148 valence electrons. The van der Waals surface area contributed by atoms with E-state index >= 15 is 0 Å². The molecule has 0 aliphatic carbocycles. The highest BCUT2D eigenvalue weighted by molar-refractivity contribution is 7.13. The maximum absolute atomic E-state index is 12.2. The number of benzene rings is 1. The van der Waals surface area contributed by atoms with E-state index in [0.29, 0.717) is 23.0 Å². The molecule has 8 nitrogen and oxygen atoms in total. The molecule has 1 N–H and O–H groups in total. The van der Waals surface area contributed by atoms with Crippen LogP contribution in [0, 0.1) is 0 Å². The normalized spacial score (nSPS) is 10.7. The second-order valence-electron chi connectivity index (χ2n) is 6.08. The minimum Gasteiger partial charge on any atom is -0.493 e. The molecule has 3 heterocycles. The summed E-state index contributed by atoms with van der Waals surface area (Å²) in [6.07, 6.45) is 1.45. The molecular formula is C20H18N4O4S. The molecule has 29 heavy (non-hydrogen) atoms. The standard InChI is InChI=1S/C20H18N4O4S/c1-24-18(22-19(25)16-5-4-8-28-16)10-13(23-24)20-21-14(11-29-20)12-6-7-15(26-2)17(9-12)27-3/h4-11H,1-3H3,(H,22,25). The molecule has 0 saturated heterocycles. The number of rotatable bonds is 6. The number of carbonyl (C=O) groups excluding carboxylic acids is 1. The van der Waals surface area contributed by atoms with Crippen molar-refractivity contribution < 1.29 is 18.7 Å². The lowest BCUT2D eigenvalue weighted by Crippen LogP contribution is -2.13. The Morgan fingerprint density at radius 1 is 1.14 bits per heavy atom. The van der Waals surface area contributed by atoms with E-state index in [1.807, 2.05) is 23.6 Å². The van der Waals surface area contributed by atoms with Crippen molar-refractivity contribution in [1.29, 1.82) is 0 Å². The average molecular weight is 410 g/mol. The summed E-state index contributed by atoms with van der Waals surface area (Å²) in [4.78, 5) is 16.9. The smallest absolute Gasteiger partial charge is 0.292 e. The third-order valence-corrected chi connectivity index (χ3v) is 5.13. The number of anilines is 1. The van der Waals surface area contributed by atoms with Gasteiger partial charge >= 0.3 is 0 Å². The number of ether oxygens (including phenoxy) is 2. The Bertz CT molecular complexity index is 1150. The largest absolute Gasteiger partial charge is 0.493 e. The number of amides is 1. The fourth-order valence-electron chi connectivity index (χ4n) is 2.79. The molecule has 4 rings (SSSR count). The number of carbonyl (C=O) groups is 1. The predicted octanol–water partition coefficient (Wildman–Crippen LogP) is 4.07. The van der Waals surface area contributed by atoms with Crippen LogP contribution < -0.4 is 14.8 Å².